The molecule has 1 saturated carbocycles. The highest BCUT2D eigenvalue weighted by Crippen LogP contribution is 2.52. The molecule has 1 fully saturated rings. The zero-order chi connectivity index (χ0) is 28.6. The van der Waals surface area contributed by atoms with Crippen molar-refractivity contribution in [2.75, 3.05) is 13.1 Å². The Morgan fingerprint density at radius 1 is 0.975 bits per heavy atom. The number of fused-ring (bicyclic) bond motifs is 4. The summed E-state index contributed by atoms with van der Waals surface area (Å²) in [5, 5.41) is 10.5. The smallest absolute Gasteiger partial charge is 0.309 e. The molecule has 0 aromatic carbocycles. The number of rotatable bonds is 16. The number of carboxylic acids is 1. The molecule has 1 aromatic heterocycles. The summed E-state index contributed by atoms with van der Waals surface area (Å²) in [6, 6.07) is 0. The molecule has 3 aliphatic rings. The Bertz CT molecular complexity index is 1180. The Labute approximate surface area is 245 Å². The number of allylic oxidation sites excluding steroid dienone is 3. The van der Waals surface area contributed by atoms with E-state index in [-0.39, 0.29) is 41.6 Å². The lowest BCUT2D eigenvalue weighted by Gasteiger charge is -2.29. The molecular formula is C31H42N2O5S2. The van der Waals surface area contributed by atoms with Crippen molar-refractivity contribution < 1.29 is 24.3 Å². The molecule has 0 radical (unpaired) electrons. The number of unbranched alkanes of at least 4 members (excludes halogenated alkanes) is 9. The fourth-order valence-corrected chi connectivity index (χ4v) is 8.04. The van der Waals surface area contributed by atoms with Gasteiger partial charge in [-0.25, -0.2) is 4.98 Å². The molecule has 1 amide bonds. The van der Waals surface area contributed by atoms with Crippen LogP contribution < -0.4 is 0 Å². The SMILES string of the molecule is CCCCCCCCCCCCN(CC1=C(C)C(=O)C2=C(C1=O)C1CCC2C1)C(=O)Sc1nc(CC(=O)O)cs1. The maximum atomic E-state index is 13.6. The third-order valence-corrected chi connectivity index (χ3v) is 10.4. The number of carboxylic acid groups (broad SMARTS) is 1. The quantitative estimate of drug-likeness (QED) is 0.122. The largest absolute Gasteiger partial charge is 0.481 e. The maximum Gasteiger partial charge on any atom is 0.309 e. The standard InChI is InChI=1S/C31H42N2O5S2/c1-3-4-5-6-7-8-9-10-11-12-15-33(31(38)40-30-32-23(19-39-30)17-25(34)35)18-24-20(2)28(36)26-21-13-14-22(16-21)27(26)29(24)37/h19,21-22H,3-18H2,1-2H3,(H,34,35). The highest BCUT2D eigenvalue weighted by molar-refractivity contribution is 8.14. The van der Waals surface area contributed by atoms with Crippen molar-refractivity contribution in [3.8, 4) is 0 Å². The van der Waals surface area contributed by atoms with E-state index in [2.05, 4.69) is 11.9 Å². The summed E-state index contributed by atoms with van der Waals surface area (Å²) in [4.78, 5) is 57.4. The van der Waals surface area contributed by atoms with Crippen LogP contribution in [-0.2, 0) is 20.8 Å². The Morgan fingerprint density at radius 3 is 2.20 bits per heavy atom. The van der Waals surface area contributed by atoms with Crippen molar-refractivity contribution >= 4 is 45.9 Å². The van der Waals surface area contributed by atoms with E-state index in [0.29, 0.717) is 27.7 Å². The number of hydrogen-bond acceptors (Lipinski definition) is 7. The molecule has 2 atom stereocenters. The third kappa shape index (κ3) is 7.52. The second-order valence-corrected chi connectivity index (χ2v) is 13.5. The lowest BCUT2D eigenvalue weighted by molar-refractivity contribution is -0.136. The molecule has 1 heterocycles. The minimum atomic E-state index is -0.965. The van der Waals surface area contributed by atoms with Crippen molar-refractivity contribution in [1.82, 2.24) is 9.88 Å². The molecule has 1 aromatic rings. The minimum absolute atomic E-state index is 0.00553. The molecule has 4 rings (SSSR count). The van der Waals surface area contributed by atoms with Gasteiger partial charge >= 0.3 is 5.97 Å². The first-order valence-corrected chi connectivity index (χ1v) is 16.7. The van der Waals surface area contributed by atoms with Crippen LogP contribution in [0, 0.1) is 11.8 Å². The summed E-state index contributed by atoms with van der Waals surface area (Å²) in [5.41, 5.74) is 2.84. The van der Waals surface area contributed by atoms with E-state index in [4.69, 9.17) is 5.11 Å². The van der Waals surface area contributed by atoms with Crippen molar-refractivity contribution in [3.05, 3.63) is 33.4 Å². The van der Waals surface area contributed by atoms with Crippen molar-refractivity contribution in [2.45, 2.75) is 108 Å². The van der Waals surface area contributed by atoms with Gasteiger partial charge in [-0.15, -0.1) is 11.3 Å². The van der Waals surface area contributed by atoms with E-state index in [1.165, 1.54) is 56.3 Å². The van der Waals surface area contributed by atoms with Crippen LogP contribution in [0.15, 0.2) is 32.0 Å². The number of Topliss-reactive ketones (excluding diaryl/α,β-unsaturated/α-hetero) is 2. The number of ketones is 2. The lowest BCUT2D eigenvalue weighted by Crippen LogP contribution is -2.36. The summed E-state index contributed by atoms with van der Waals surface area (Å²) < 4.78 is 0.490. The number of thiazole rings is 1. The summed E-state index contributed by atoms with van der Waals surface area (Å²) in [7, 11) is 0. The van der Waals surface area contributed by atoms with Crippen molar-refractivity contribution in [2.24, 2.45) is 11.8 Å². The van der Waals surface area contributed by atoms with Crippen LogP contribution in [0.1, 0.15) is 103 Å². The van der Waals surface area contributed by atoms with E-state index < -0.39 is 5.97 Å². The van der Waals surface area contributed by atoms with E-state index in [9.17, 15) is 19.2 Å². The molecule has 0 spiro atoms. The Hall–Kier alpha value is -2.26. The predicted octanol–water partition coefficient (Wildman–Crippen LogP) is 7.40. The predicted molar refractivity (Wildman–Crippen MR) is 159 cm³/mol. The van der Waals surface area contributed by atoms with Gasteiger partial charge in [0.1, 0.15) is 0 Å². The number of aromatic nitrogens is 1. The van der Waals surface area contributed by atoms with Gasteiger partial charge in [0.05, 0.1) is 18.7 Å². The Morgan fingerprint density at radius 2 is 1.57 bits per heavy atom. The summed E-state index contributed by atoms with van der Waals surface area (Å²) >= 11 is 2.23. The van der Waals surface area contributed by atoms with Crippen molar-refractivity contribution in [3.63, 3.8) is 0 Å². The van der Waals surface area contributed by atoms with Gasteiger partial charge in [-0.2, -0.15) is 0 Å². The molecule has 7 nitrogen and oxygen atoms in total. The van der Waals surface area contributed by atoms with Gasteiger partial charge in [-0.05, 0) is 44.4 Å². The summed E-state index contributed by atoms with van der Waals surface area (Å²) in [6.07, 6.45) is 14.5. The highest BCUT2D eigenvalue weighted by atomic mass is 32.2. The molecule has 2 unspecified atom stereocenters. The molecule has 218 valence electrons. The number of thioether (sulfide) groups is 1. The molecule has 0 saturated heterocycles. The van der Waals surface area contributed by atoms with Crippen LogP contribution in [0.2, 0.25) is 0 Å². The Kier molecular flexibility index (Phi) is 11.2. The van der Waals surface area contributed by atoms with Crippen LogP contribution >= 0.6 is 23.1 Å². The Balaban J connectivity index is 1.38. The molecule has 2 bridgehead atoms. The van der Waals surface area contributed by atoms with E-state index in [1.54, 1.807) is 17.2 Å². The van der Waals surface area contributed by atoms with Gasteiger partial charge in [-0.1, -0.05) is 64.7 Å². The number of amides is 1. The zero-order valence-corrected chi connectivity index (χ0v) is 25.5. The molecule has 0 aliphatic heterocycles. The number of hydrogen-bond donors (Lipinski definition) is 1. The first-order chi connectivity index (χ1) is 19.3. The molecule has 1 N–H and O–H groups in total. The average molecular weight is 587 g/mol. The number of carbonyl (C=O) groups is 4. The molecule has 40 heavy (non-hydrogen) atoms. The fourth-order valence-electron chi connectivity index (χ4n) is 6.35. The molecule has 9 heteroatoms. The molecule has 3 aliphatic carbocycles. The van der Waals surface area contributed by atoms with E-state index >= 15 is 0 Å². The van der Waals surface area contributed by atoms with Gasteiger partial charge in [0.2, 0.25) is 0 Å². The number of nitrogens with zero attached hydrogens (tertiary/aromatic N) is 2. The number of carbonyl (C=O) groups excluding carboxylic acids is 3. The van der Waals surface area contributed by atoms with Crippen LogP contribution in [0.5, 0.6) is 0 Å². The maximum absolute atomic E-state index is 13.6. The van der Waals surface area contributed by atoms with Gasteiger partial charge in [-0.3, -0.25) is 19.2 Å². The number of aliphatic carboxylic acids is 1. The summed E-state index contributed by atoms with van der Waals surface area (Å²) in [6.45, 7) is 4.60. The third-order valence-electron chi connectivity index (χ3n) is 8.52. The highest BCUT2D eigenvalue weighted by Gasteiger charge is 2.48. The van der Waals surface area contributed by atoms with Crippen LogP contribution in [-0.4, -0.2) is 50.9 Å². The zero-order valence-electron chi connectivity index (χ0n) is 23.8. The van der Waals surface area contributed by atoms with Crippen LogP contribution in [0.4, 0.5) is 4.79 Å². The second kappa shape index (κ2) is 14.6. The van der Waals surface area contributed by atoms with Gasteiger partial charge in [0, 0.05) is 46.0 Å². The fraction of sp³-hybridized carbons (Fsp3) is 0.645. The topological polar surface area (TPSA) is 105 Å². The van der Waals surface area contributed by atoms with Crippen LogP contribution in [0.3, 0.4) is 0 Å². The first kappa shape index (κ1) is 30.7. The monoisotopic (exact) mass is 586 g/mol. The first-order valence-electron chi connectivity index (χ1n) is 15.0. The molecular weight excluding hydrogens is 544 g/mol. The van der Waals surface area contributed by atoms with E-state index in [0.717, 1.165) is 61.4 Å². The van der Waals surface area contributed by atoms with Gasteiger partial charge in [0.15, 0.2) is 15.9 Å². The van der Waals surface area contributed by atoms with Crippen molar-refractivity contribution in [1.29, 1.82) is 0 Å². The lowest BCUT2D eigenvalue weighted by atomic mass is 9.77. The summed E-state index contributed by atoms with van der Waals surface area (Å²) in [5.74, 6) is -0.606. The van der Waals surface area contributed by atoms with Gasteiger partial charge in [0.25, 0.3) is 5.24 Å². The van der Waals surface area contributed by atoms with Crippen LogP contribution in [0.25, 0.3) is 0 Å². The average Bonchev–Trinajstić information content (AvgIpc) is 3.66. The van der Waals surface area contributed by atoms with Gasteiger partial charge < -0.3 is 10.0 Å². The second-order valence-electron chi connectivity index (χ2n) is 11.4. The van der Waals surface area contributed by atoms with E-state index in [1.807, 2.05) is 0 Å². The minimum Gasteiger partial charge on any atom is -0.481 e. The normalized spacial score (nSPS) is 20.1.